The van der Waals surface area contributed by atoms with Gasteiger partial charge in [-0.15, -0.1) is 0 Å². The first-order valence-corrected chi connectivity index (χ1v) is 6.20. The Morgan fingerprint density at radius 3 is 2.95 bits per heavy atom. The number of hydrogen-bond donors (Lipinski definition) is 2. The summed E-state index contributed by atoms with van der Waals surface area (Å²) >= 11 is 0. The summed E-state index contributed by atoms with van der Waals surface area (Å²) in [5.41, 5.74) is 8.97. The molecule has 1 aromatic carbocycles. The molecule has 4 heteroatoms. The van der Waals surface area contributed by atoms with Gasteiger partial charge >= 0.3 is 0 Å². The smallest absolute Gasteiger partial charge is 0.252 e. The molecule has 0 saturated carbocycles. The summed E-state index contributed by atoms with van der Waals surface area (Å²) in [5, 5.41) is 3.22. The Hall–Kier alpha value is -2.36. The number of nitrogens with two attached hydrogens (primary N) is 1. The van der Waals surface area contributed by atoms with Crippen LogP contribution in [0.5, 0.6) is 0 Å². The molecule has 0 aliphatic heterocycles. The Bertz CT molecular complexity index is 581. The summed E-state index contributed by atoms with van der Waals surface area (Å²) in [6.45, 7) is 2.82. The zero-order valence-electron chi connectivity index (χ0n) is 10.9. The topological polar surface area (TPSA) is 68.0 Å². The van der Waals surface area contributed by atoms with Gasteiger partial charge in [-0.25, -0.2) is 0 Å². The first-order valence-electron chi connectivity index (χ1n) is 6.20. The van der Waals surface area contributed by atoms with Crippen LogP contribution in [0.2, 0.25) is 0 Å². The highest BCUT2D eigenvalue weighted by molar-refractivity contribution is 5.98. The number of anilines is 1. The number of carbonyl (C=O) groups excluding carboxylic acids is 1. The van der Waals surface area contributed by atoms with Gasteiger partial charge in [0.1, 0.15) is 0 Å². The minimum atomic E-state index is -0.467. The molecule has 4 nitrogen and oxygen atoms in total. The van der Waals surface area contributed by atoms with Crippen molar-refractivity contribution in [3.05, 3.63) is 59.4 Å². The number of benzene rings is 1. The molecule has 3 N–H and O–H groups in total. The van der Waals surface area contributed by atoms with E-state index in [1.165, 1.54) is 17.3 Å². The predicted octanol–water partition coefficient (Wildman–Crippen LogP) is 2.14. The van der Waals surface area contributed by atoms with Gasteiger partial charge in [-0.3, -0.25) is 9.78 Å². The second-order valence-electron chi connectivity index (χ2n) is 4.45. The molecule has 98 valence electrons. The van der Waals surface area contributed by atoms with E-state index in [0.717, 1.165) is 18.7 Å². The van der Waals surface area contributed by atoms with Crippen molar-refractivity contribution >= 4 is 11.6 Å². The molecule has 1 aromatic heterocycles. The average Bonchev–Trinajstić information content (AvgIpc) is 2.39. The fourth-order valence-corrected chi connectivity index (χ4v) is 1.95. The van der Waals surface area contributed by atoms with Gasteiger partial charge in [-0.1, -0.05) is 29.8 Å². The molecule has 0 unspecified atom stereocenters. The number of rotatable bonds is 5. The van der Waals surface area contributed by atoms with Gasteiger partial charge in [0.05, 0.1) is 11.3 Å². The number of amides is 1. The van der Waals surface area contributed by atoms with Crippen LogP contribution in [0.15, 0.2) is 42.7 Å². The van der Waals surface area contributed by atoms with Crippen molar-refractivity contribution in [3.63, 3.8) is 0 Å². The number of nitrogens with zero attached hydrogens (tertiary/aromatic N) is 1. The quantitative estimate of drug-likeness (QED) is 0.860. The standard InChI is InChI=1S/C15H17N3O/c1-11-3-2-4-12(9-11)5-8-18-14-6-7-17-10-13(14)15(16)19/h2-4,6-7,9-10H,5,8H2,1H3,(H2,16,19)(H,17,18). The number of pyridine rings is 1. The highest BCUT2D eigenvalue weighted by Crippen LogP contribution is 2.13. The molecule has 0 spiro atoms. The fraction of sp³-hybridized carbons (Fsp3) is 0.200. The Labute approximate surface area is 112 Å². The fourth-order valence-electron chi connectivity index (χ4n) is 1.95. The van der Waals surface area contributed by atoms with Crippen LogP contribution >= 0.6 is 0 Å². The van der Waals surface area contributed by atoms with Gasteiger partial charge in [-0.05, 0) is 25.0 Å². The first kappa shape index (κ1) is 13.1. The van der Waals surface area contributed by atoms with E-state index in [2.05, 4.69) is 35.4 Å². The lowest BCUT2D eigenvalue weighted by Crippen LogP contribution is -2.15. The number of carbonyl (C=O) groups is 1. The average molecular weight is 255 g/mol. The van der Waals surface area contributed by atoms with Crippen LogP contribution in [0.1, 0.15) is 21.5 Å². The maximum atomic E-state index is 11.2. The number of nitrogens with one attached hydrogen (secondary N) is 1. The number of primary amides is 1. The second kappa shape index (κ2) is 6.00. The van der Waals surface area contributed by atoms with Crippen LogP contribution in [0.25, 0.3) is 0 Å². The van der Waals surface area contributed by atoms with Crippen LogP contribution in [0, 0.1) is 6.92 Å². The zero-order valence-corrected chi connectivity index (χ0v) is 10.9. The summed E-state index contributed by atoms with van der Waals surface area (Å²) in [6, 6.07) is 10.1. The molecule has 0 fully saturated rings. The van der Waals surface area contributed by atoms with Gasteiger partial charge in [0.25, 0.3) is 5.91 Å². The molecule has 19 heavy (non-hydrogen) atoms. The highest BCUT2D eigenvalue weighted by Gasteiger charge is 2.06. The molecule has 0 bridgehead atoms. The van der Waals surface area contributed by atoms with Crippen molar-refractivity contribution in [2.45, 2.75) is 13.3 Å². The Balaban J connectivity index is 1.98. The predicted molar refractivity (Wildman–Crippen MR) is 76.1 cm³/mol. The highest BCUT2D eigenvalue weighted by atomic mass is 16.1. The summed E-state index contributed by atoms with van der Waals surface area (Å²) in [6.07, 6.45) is 4.01. The first-order chi connectivity index (χ1) is 9.16. The van der Waals surface area contributed by atoms with E-state index in [0.29, 0.717) is 5.56 Å². The van der Waals surface area contributed by atoms with Crippen molar-refractivity contribution in [1.82, 2.24) is 4.98 Å². The molecule has 0 atom stereocenters. The van der Waals surface area contributed by atoms with E-state index < -0.39 is 5.91 Å². The van der Waals surface area contributed by atoms with Crippen LogP contribution in [0.3, 0.4) is 0 Å². The lowest BCUT2D eigenvalue weighted by Gasteiger charge is -2.09. The van der Waals surface area contributed by atoms with Crippen LogP contribution in [0.4, 0.5) is 5.69 Å². The summed E-state index contributed by atoms with van der Waals surface area (Å²) in [5.74, 6) is -0.467. The minimum absolute atomic E-state index is 0.423. The maximum absolute atomic E-state index is 11.2. The van der Waals surface area contributed by atoms with Crippen molar-refractivity contribution in [2.75, 3.05) is 11.9 Å². The Morgan fingerprint density at radius 1 is 1.37 bits per heavy atom. The van der Waals surface area contributed by atoms with Crippen LogP contribution < -0.4 is 11.1 Å². The van der Waals surface area contributed by atoms with E-state index in [1.807, 2.05) is 6.07 Å². The van der Waals surface area contributed by atoms with Gasteiger partial charge < -0.3 is 11.1 Å². The zero-order chi connectivity index (χ0) is 13.7. The molecule has 0 radical (unpaired) electrons. The second-order valence-corrected chi connectivity index (χ2v) is 4.45. The molecular formula is C15H17N3O. The minimum Gasteiger partial charge on any atom is -0.384 e. The van der Waals surface area contributed by atoms with Crippen molar-refractivity contribution in [1.29, 1.82) is 0 Å². The van der Waals surface area contributed by atoms with Crippen LogP contribution in [-0.2, 0) is 6.42 Å². The van der Waals surface area contributed by atoms with Crippen molar-refractivity contribution in [3.8, 4) is 0 Å². The van der Waals surface area contributed by atoms with E-state index >= 15 is 0 Å². The largest absolute Gasteiger partial charge is 0.384 e. The van der Waals surface area contributed by atoms with Gasteiger partial charge in [0.2, 0.25) is 0 Å². The van der Waals surface area contributed by atoms with E-state index in [4.69, 9.17) is 5.73 Å². The molecule has 0 aliphatic carbocycles. The van der Waals surface area contributed by atoms with Gasteiger partial charge in [0.15, 0.2) is 0 Å². The van der Waals surface area contributed by atoms with Crippen molar-refractivity contribution in [2.24, 2.45) is 5.73 Å². The van der Waals surface area contributed by atoms with E-state index in [-0.39, 0.29) is 0 Å². The maximum Gasteiger partial charge on any atom is 0.252 e. The van der Waals surface area contributed by atoms with Gasteiger partial charge in [0, 0.05) is 18.9 Å². The molecule has 1 amide bonds. The van der Waals surface area contributed by atoms with Crippen LogP contribution in [-0.4, -0.2) is 17.4 Å². The third-order valence-corrected chi connectivity index (χ3v) is 2.90. The monoisotopic (exact) mass is 255 g/mol. The SMILES string of the molecule is Cc1cccc(CCNc2ccncc2C(N)=O)c1. The lowest BCUT2D eigenvalue weighted by atomic mass is 10.1. The Kier molecular flexibility index (Phi) is 4.13. The summed E-state index contributed by atoms with van der Waals surface area (Å²) in [7, 11) is 0. The number of aryl methyl sites for hydroxylation is 1. The third-order valence-electron chi connectivity index (χ3n) is 2.90. The normalized spacial score (nSPS) is 10.2. The summed E-state index contributed by atoms with van der Waals surface area (Å²) < 4.78 is 0. The van der Waals surface area contributed by atoms with Gasteiger partial charge in [-0.2, -0.15) is 0 Å². The summed E-state index contributed by atoms with van der Waals surface area (Å²) in [4.78, 5) is 15.1. The van der Waals surface area contributed by atoms with E-state index in [1.54, 1.807) is 12.3 Å². The lowest BCUT2D eigenvalue weighted by molar-refractivity contribution is 0.100. The van der Waals surface area contributed by atoms with E-state index in [9.17, 15) is 4.79 Å². The molecule has 0 saturated heterocycles. The third kappa shape index (κ3) is 3.55. The molecule has 2 rings (SSSR count). The number of aromatic nitrogens is 1. The van der Waals surface area contributed by atoms with Crippen molar-refractivity contribution < 1.29 is 4.79 Å². The number of hydrogen-bond acceptors (Lipinski definition) is 3. The molecule has 1 heterocycles. The molecule has 0 aliphatic rings. The molecular weight excluding hydrogens is 238 g/mol. The molecule has 2 aromatic rings. The Morgan fingerprint density at radius 2 is 2.21 bits per heavy atom.